The average Bonchev–Trinajstić information content (AvgIpc) is 2.65. The van der Waals surface area contributed by atoms with Crippen molar-refractivity contribution >= 4 is 11.5 Å². The summed E-state index contributed by atoms with van der Waals surface area (Å²) in [5.74, 6) is 0.715. The predicted octanol–water partition coefficient (Wildman–Crippen LogP) is 1.94. The Morgan fingerprint density at radius 2 is 1.86 bits per heavy atom. The van der Waals surface area contributed by atoms with Gasteiger partial charge in [-0.05, 0) is 29.8 Å². The Morgan fingerprint density at radius 3 is 2.57 bits per heavy atom. The van der Waals surface area contributed by atoms with Crippen LogP contribution in [-0.4, -0.2) is 24.8 Å². The molecule has 0 saturated heterocycles. The molecule has 0 radical (unpaired) electrons. The lowest BCUT2D eigenvalue weighted by Gasteiger charge is -2.10. The van der Waals surface area contributed by atoms with Crippen molar-refractivity contribution in [3.05, 3.63) is 65.2 Å². The second-order valence-corrected chi connectivity index (χ2v) is 4.95. The predicted molar refractivity (Wildman–Crippen MR) is 81.8 cm³/mol. The molecule has 2 aromatic rings. The largest absolute Gasteiger partial charge is 0.497 e. The molecule has 1 unspecified atom stereocenters. The van der Waals surface area contributed by atoms with E-state index in [0.717, 1.165) is 28.2 Å². The Labute approximate surface area is 123 Å². The number of ether oxygens (including phenoxy) is 1. The van der Waals surface area contributed by atoms with Crippen LogP contribution in [0.25, 0.3) is 0 Å². The SMILES string of the molecule is COc1ccc(C2=NC(N)C(=O)Cc3ccccc32)cc1. The lowest BCUT2D eigenvalue weighted by Crippen LogP contribution is -2.29. The van der Waals surface area contributed by atoms with E-state index < -0.39 is 6.17 Å². The van der Waals surface area contributed by atoms with Crippen molar-refractivity contribution < 1.29 is 9.53 Å². The summed E-state index contributed by atoms with van der Waals surface area (Å²) in [7, 11) is 1.63. The fourth-order valence-corrected chi connectivity index (χ4v) is 2.46. The van der Waals surface area contributed by atoms with Gasteiger partial charge in [-0.25, -0.2) is 0 Å². The van der Waals surface area contributed by atoms with Crippen molar-refractivity contribution in [2.75, 3.05) is 7.11 Å². The number of carbonyl (C=O) groups is 1. The molecule has 21 heavy (non-hydrogen) atoms. The summed E-state index contributed by atoms with van der Waals surface area (Å²) in [4.78, 5) is 16.4. The molecule has 0 amide bonds. The number of aliphatic imine (C=N–C) groups is 1. The first-order chi connectivity index (χ1) is 10.2. The average molecular weight is 280 g/mol. The number of ketones is 1. The van der Waals surface area contributed by atoms with Crippen LogP contribution in [0.4, 0.5) is 0 Å². The molecular weight excluding hydrogens is 264 g/mol. The van der Waals surface area contributed by atoms with Crippen LogP contribution in [0.3, 0.4) is 0 Å². The van der Waals surface area contributed by atoms with E-state index in [9.17, 15) is 4.79 Å². The summed E-state index contributed by atoms with van der Waals surface area (Å²) in [6.45, 7) is 0. The van der Waals surface area contributed by atoms with Crippen LogP contribution in [0.5, 0.6) is 5.75 Å². The molecule has 106 valence electrons. The Kier molecular flexibility index (Phi) is 3.54. The third kappa shape index (κ3) is 2.58. The molecule has 2 aromatic carbocycles. The van der Waals surface area contributed by atoms with E-state index >= 15 is 0 Å². The minimum absolute atomic E-state index is 0.0639. The van der Waals surface area contributed by atoms with Crippen molar-refractivity contribution in [3.8, 4) is 5.75 Å². The molecule has 0 bridgehead atoms. The van der Waals surface area contributed by atoms with Crippen molar-refractivity contribution in [3.63, 3.8) is 0 Å². The molecule has 1 heterocycles. The van der Waals surface area contributed by atoms with E-state index in [1.165, 1.54) is 0 Å². The number of hydrogen-bond acceptors (Lipinski definition) is 4. The summed E-state index contributed by atoms with van der Waals surface area (Å²) >= 11 is 0. The van der Waals surface area contributed by atoms with Gasteiger partial charge < -0.3 is 10.5 Å². The van der Waals surface area contributed by atoms with E-state index in [1.807, 2.05) is 48.5 Å². The van der Waals surface area contributed by atoms with Gasteiger partial charge in [-0.3, -0.25) is 9.79 Å². The van der Waals surface area contributed by atoms with Crippen molar-refractivity contribution in [1.29, 1.82) is 0 Å². The smallest absolute Gasteiger partial charge is 0.175 e. The fourth-order valence-electron chi connectivity index (χ4n) is 2.46. The lowest BCUT2D eigenvalue weighted by atomic mass is 9.96. The van der Waals surface area contributed by atoms with Gasteiger partial charge in [0.25, 0.3) is 0 Å². The normalized spacial score (nSPS) is 17.7. The van der Waals surface area contributed by atoms with Crippen LogP contribution in [0, 0.1) is 0 Å². The van der Waals surface area contributed by atoms with Crippen molar-refractivity contribution in [2.45, 2.75) is 12.6 Å². The first-order valence-electron chi connectivity index (χ1n) is 6.78. The van der Waals surface area contributed by atoms with Gasteiger partial charge in [0, 0.05) is 17.5 Å². The molecule has 0 saturated carbocycles. The van der Waals surface area contributed by atoms with Gasteiger partial charge in [-0.15, -0.1) is 0 Å². The van der Waals surface area contributed by atoms with Crippen LogP contribution >= 0.6 is 0 Å². The second kappa shape index (κ2) is 5.50. The van der Waals surface area contributed by atoms with Gasteiger partial charge in [0.2, 0.25) is 0 Å². The third-order valence-corrected chi connectivity index (χ3v) is 3.60. The molecule has 0 aliphatic carbocycles. The Balaban J connectivity index is 2.13. The second-order valence-electron chi connectivity index (χ2n) is 4.95. The van der Waals surface area contributed by atoms with Gasteiger partial charge in [0.15, 0.2) is 11.9 Å². The quantitative estimate of drug-likeness (QED) is 0.914. The zero-order valence-corrected chi connectivity index (χ0v) is 11.7. The van der Waals surface area contributed by atoms with Crippen molar-refractivity contribution in [2.24, 2.45) is 10.7 Å². The summed E-state index contributed by atoms with van der Waals surface area (Å²) in [6.07, 6.45) is -0.491. The summed E-state index contributed by atoms with van der Waals surface area (Å²) in [5, 5.41) is 0. The standard InChI is InChI=1S/C17H16N2O2/c1-21-13-8-6-11(7-9-13)16-14-5-3-2-4-12(14)10-15(20)17(18)19-16/h2-9,17H,10,18H2,1H3. The molecule has 2 N–H and O–H groups in total. The zero-order valence-electron chi connectivity index (χ0n) is 11.7. The number of nitrogens with zero attached hydrogens (tertiary/aromatic N) is 1. The maximum Gasteiger partial charge on any atom is 0.175 e. The maximum atomic E-state index is 12.0. The fraction of sp³-hybridized carbons (Fsp3) is 0.176. The maximum absolute atomic E-state index is 12.0. The number of carbonyl (C=O) groups excluding carboxylic acids is 1. The number of Topliss-reactive ketones (excluding diaryl/α,β-unsaturated/α-hetero) is 1. The molecule has 4 heteroatoms. The van der Waals surface area contributed by atoms with E-state index in [2.05, 4.69) is 4.99 Å². The van der Waals surface area contributed by atoms with Crippen LogP contribution in [0.2, 0.25) is 0 Å². The molecule has 1 atom stereocenters. The van der Waals surface area contributed by atoms with Crippen LogP contribution in [0.1, 0.15) is 16.7 Å². The highest BCUT2D eigenvalue weighted by molar-refractivity contribution is 6.16. The van der Waals surface area contributed by atoms with Crippen molar-refractivity contribution in [1.82, 2.24) is 0 Å². The molecule has 1 aliphatic rings. The Bertz CT molecular complexity index is 705. The summed E-state index contributed by atoms with van der Waals surface area (Å²) < 4.78 is 5.17. The van der Waals surface area contributed by atoms with Gasteiger partial charge in [-0.1, -0.05) is 24.3 Å². The molecule has 4 nitrogen and oxygen atoms in total. The van der Waals surface area contributed by atoms with Gasteiger partial charge in [-0.2, -0.15) is 0 Å². The minimum atomic E-state index is -0.811. The highest BCUT2D eigenvalue weighted by Gasteiger charge is 2.22. The Hall–Kier alpha value is -2.46. The number of fused-ring (bicyclic) bond motifs is 1. The molecule has 0 spiro atoms. The topological polar surface area (TPSA) is 64.7 Å². The molecule has 3 rings (SSSR count). The summed E-state index contributed by atoms with van der Waals surface area (Å²) in [5.41, 5.74) is 9.49. The number of methoxy groups -OCH3 is 1. The lowest BCUT2D eigenvalue weighted by molar-refractivity contribution is -0.119. The molecule has 0 fully saturated rings. The van der Waals surface area contributed by atoms with Gasteiger partial charge in [0.05, 0.1) is 12.8 Å². The highest BCUT2D eigenvalue weighted by Crippen LogP contribution is 2.22. The van der Waals surface area contributed by atoms with Crippen LogP contribution in [-0.2, 0) is 11.2 Å². The molecule has 1 aliphatic heterocycles. The minimum Gasteiger partial charge on any atom is -0.497 e. The van der Waals surface area contributed by atoms with Crippen LogP contribution < -0.4 is 10.5 Å². The monoisotopic (exact) mass is 280 g/mol. The Morgan fingerprint density at radius 1 is 1.14 bits per heavy atom. The van der Waals surface area contributed by atoms with E-state index in [1.54, 1.807) is 7.11 Å². The highest BCUT2D eigenvalue weighted by atomic mass is 16.5. The number of benzene rings is 2. The number of nitrogens with two attached hydrogens (primary N) is 1. The van der Waals surface area contributed by atoms with Gasteiger partial charge >= 0.3 is 0 Å². The third-order valence-electron chi connectivity index (χ3n) is 3.60. The first-order valence-corrected chi connectivity index (χ1v) is 6.78. The molecular formula is C17H16N2O2. The van der Waals surface area contributed by atoms with E-state index in [4.69, 9.17) is 10.5 Å². The zero-order chi connectivity index (χ0) is 14.8. The van der Waals surface area contributed by atoms with E-state index in [0.29, 0.717) is 6.42 Å². The number of hydrogen-bond donors (Lipinski definition) is 1. The summed E-state index contributed by atoms with van der Waals surface area (Å²) in [6, 6.07) is 15.4. The first kappa shape index (κ1) is 13.5. The van der Waals surface area contributed by atoms with Crippen LogP contribution in [0.15, 0.2) is 53.5 Å². The van der Waals surface area contributed by atoms with E-state index in [-0.39, 0.29) is 5.78 Å². The van der Waals surface area contributed by atoms with Gasteiger partial charge in [0.1, 0.15) is 5.75 Å². The number of rotatable bonds is 2. The molecule has 0 aromatic heterocycles.